The molecule has 1 unspecified atom stereocenters. The van der Waals surface area contributed by atoms with Gasteiger partial charge in [-0.1, -0.05) is 12.5 Å². The summed E-state index contributed by atoms with van der Waals surface area (Å²) in [6.45, 7) is 0.967. The number of amides is 1. The van der Waals surface area contributed by atoms with Crippen LogP contribution in [-0.2, 0) is 17.6 Å². The molecule has 1 aliphatic carbocycles. The zero-order valence-electron chi connectivity index (χ0n) is 11.6. The Hall–Kier alpha value is -1.35. The molecule has 1 atom stereocenters. The van der Waals surface area contributed by atoms with Gasteiger partial charge in [-0.3, -0.25) is 4.79 Å². The summed E-state index contributed by atoms with van der Waals surface area (Å²) in [6, 6.07) is 6.48. The predicted octanol–water partition coefficient (Wildman–Crippen LogP) is 2.28. The fourth-order valence-electron chi connectivity index (χ4n) is 3.19. The zero-order valence-corrected chi connectivity index (χ0v) is 11.6. The number of nitrogens with zero attached hydrogens (tertiary/aromatic N) is 1. The van der Waals surface area contributed by atoms with Crippen LogP contribution in [0.2, 0.25) is 0 Å². The summed E-state index contributed by atoms with van der Waals surface area (Å²) in [5, 5.41) is 3.33. The van der Waals surface area contributed by atoms with Crippen molar-refractivity contribution < 1.29 is 4.79 Å². The summed E-state index contributed by atoms with van der Waals surface area (Å²) >= 11 is 0. The summed E-state index contributed by atoms with van der Waals surface area (Å²) in [7, 11) is 1.90. The van der Waals surface area contributed by atoms with E-state index in [9.17, 15) is 4.79 Å². The second kappa shape index (κ2) is 5.33. The minimum atomic E-state index is 0.00649. The number of hydrogen-bond acceptors (Lipinski definition) is 2. The summed E-state index contributed by atoms with van der Waals surface area (Å²) in [4.78, 5) is 14.3. The third-order valence-corrected chi connectivity index (χ3v) is 4.41. The smallest absolute Gasteiger partial charge is 0.243 e. The summed E-state index contributed by atoms with van der Waals surface area (Å²) in [5.41, 5.74) is 3.92. The Morgan fingerprint density at radius 3 is 2.84 bits per heavy atom. The van der Waals surface area contributed by atoms with Crippen molar-refractivity contribution in [3.63, 3.8) is 0 Å². The van der Waals surface area contributed by atoms with Gasteiger partial charge in [-0.2, -0.15) is 0 Å². The van der Waals surface area contributed by atoms with Crippen LogP contribution in [0, 0.1) is 0 Å². The lowest BCUT2D eigenvalue weighted by molar-refractivity contribution is -0.120. The van der Waals surface area contributed by atoms with Gasteiger partial charge in [-0.15, -0.1) is 0 Å². The van der Waals surface area contributed by atoms with Gasteiger partial charge in [0.25, 0.3) is 0 Å². The number of piperidine rings is 1. The summed E-state index contributed by atoms with van der Waals surface area (Å²) < 4.78 is 0. The van der Waals surface area contributed by atoms with Crippen LogP contribution in [0.4, 0.5) is 5.69 Å². The minimum absolute atomic E-state index is 0.00649. The highest BCUT2D eigenvalue weighted by Gasteiger charge is 2.24. The zero-order chi connectivity index (χ0) is 13.2. The Labute approximate surface area is 115 Å². The van der Waals surface area contributed by atoms with Crippen molar-refractivity contribution in [3.8, 4) is 0 Å². The Kier molecular flexibility index (Phi) is 3.56. The average Bonchev–Trinajstić information content (AvgIpc) is 2.94. The van der Waals surface area contributed by atoms with Gasteiger partial charge >= 0.3 is 0 Å². The Morgan fingerprint density at radius 1 is 1.21 bits per heavy atom. The van der Waals surface area contributed by atoms with E-state index in [0.29, 0.717) is 0 Å². The molecular formula is C16H22N2O. The van der Waals surface area contributed by atoms with Crippen molar-refractivity contribution >= 4 is 11.6 Å². The van der Waals surface area contributed by atoms with E-state index in [2.05, 4.69) is 23.5 Å². The molecular weight excluding hydrogens is 236 g/mol. The third kappa shape index (κ3) is 2.52. The number of benzene rings is 1. The van der Waals surface area contributed by atoms with E-state index in [1.165, 1.54) is 30.4 Å². The highest BCUT2D eigenvalue weighted by Crippen LogP contribution is 2.27. The number of carbonyl (C=O) groups excluding carboxylic acids is 1. The van der Waals surface area contributed by atoms with Crippen LogP contribution in [0.5, 0.6) is 0 Å². The number of fused-ring (bicyclic) bond motifs is 1. The highest BCUT2D eigenvalue weighted by molar-refractivity contribution is 5.96. The van der Waals surface area contributed by atoms with Gasteiger partial charge in [0.05, 0.1) is 6.04 Å². The van der Waals surface area contributed by atoms with E-state index < -0.39 is 0 Å². The van der Waals surface area contributed by atoms with Crippen molar-refractivity contribution in [1.29, 1.82) is 0 Å². The van der Waals surface area contributed by atoms with Gasteiger partial charge in [0, 0.05) is 12.7 Å². The molecule has 0 bridgehead atoms. The van der Waals surface area contributed by atoms with Crippen molar-refractivity contribution in [2.75, 3.05) is 18.5 Å². The number of likely N-dealkylation sites (N-methyl/N-ethyl adjacent to an activating group) is 1. The van der Waals surface area contributed by atoms with Crippen LogP contribution < -0.4 is 10.2 Å². The number of rotatable bonds is 2. The SMILES string of the molecule is CN(C(=O)C1CCCCN1)c1ccc2c(c1)CCC2. The van der Waals surface area contributed by atoms with Crippen molar-refractivity contribution in [3.05, 3.63) is 29.3 Å². The maximum absolute atomic E-state index is 12.5. The molecule has 102 valence electrons. The molecule has 3 nitrogen and oxygen atoms in total. The molecule has 0 aromatic heterocycles. The number of hydrogen-bond donors (Lipinski definition) is 1. The lowest BCUT2D eigenvalue weighted by Crippen LogP contribution is -2.47. The predicted molar refractivity (Wildman–Crippen MR) is 77.5 cm³/mol. The number of anilines is 1. The van der Waals surface area contributed by atoms with Crippen LogP contribution in [0.1, 0.15) is 36.8 Å². The molecule has 3 rings (SSSR count). The van der Waals surface area contributed by atoms with E-state index >= 15 is 0 Å². The van der Waals surface area contributed by atoms with E-state index in [1.807, 2.05) is 11.9 Å². The highest BCUT2D eigenvalue weighted by atomic mass is 16.2. The lowest BCUT2D eigenvalue weighted by atomic mass is 10.0. The largest absolute Gasteiger partial charge is 0.314 e. The first-order valence-electron chi connectivity index (χ1n) is 7.38. The Balaban J connectivity index is 1.75. The Bertz CT molecular complexity index is 478. The molecule has 1 heterocycles. The van der Waals surface area contributed by atoms with Gasteiger partial charge < -0.3 is 10.2 Å². The fourth-order valence-corrected chi connectivity index (χ4v) is 3.19. The average molecular weight is 258 g/mol. The van der Waals surface area contributed by atoms with E-state index in [4.69, 9.17) is 0 Å². The van der Waals surface area contributed by atoms with Gasteiger partial charge in [0.1, 0.15) is 0 Å². The van der Waals surface area contributed by atoms with Crippen LogP contribution in [-0.4, -0.2) is 25.5 Å². The topological polar surface area (TPSA) is 32.3 Å². The van der Waals surface area contributed by atoms with E-state index in [0.717, 1.165) is 31.5 Å². The molecule has 2 aliphatic rings. The normalized spacial score (nSPS) is 22.1. The van der Waals surface area contributed by atoms with Crippen molar-refractivity contribution in [2.45, 2.75) is 44.6 Å². The second-order valence-electron chi connectivity index (χ2n) is 5.71. The van der Waals surface area contributed by atoms with Gasteiger partial charge in [-0.05, 0) is 61.9 Å². The Morgan fingerprint density at radius 2 is 2.05 bits per heavy atom. The molecule has 0 spiro atoms. The molecule has 0 saturated carbocycles. The maximum atomic E-state index is 12.5. The first-order chi connectivity index (χ1) is 9.25. The standard InChI is InChI=1S/C16H22N2O/c1-18(16(19)15-7-2-3-10-17-15)14-9-8-12-5-4-6-13(12)11-14/h8-9,11,15,17H,2-7,10H2,1H3. The third-order valence-electron chi connectivity index (χ3n) is 4.41. The van der Waals surface area contributed by atoms with Gasteiger partial charge in [-0.25, -0.2) is 0 Å². The molecule has 1 aromatic carbocycles. The van der Waals surface area contributed by atoms with Gasteiger partial charge in [0.15, 0.2) is 0 Å². The minimum Gasteiger partial charge on any atom is -0.314 e. The molecule has 1 amide bonds. The van der Waals surface area contributed by atoms with E-state index in [-0.39, 0.29) is 11.9 Å². The van der Waals surface area contributed by atoms with E-state index in [1.54, 1.807) is 0 Å². The molecule has 1 aliphatic heterocycles. The molecule has 0 radical (unpaired) electrons. The molecule has 1 saturated heterocycles. The fraction of sp³-hybridized carbons (Fsp3) is 0.562. The molecule has 3 heteroatoms. The second-order valence-corrected chi connectivity index (χ2v) is 5.71. The molecule has 1 fully saturated rings. The van der Waals surface area contributed by atoms with Crippen molar-refractivity contribution in [1.82, 2.24) is 5.32 Å². The summed E-state index contributed by atoms with van der Waals surface area (Å²) in [6.07, 6.45) is 6.91. The van der Waals surface area contributed by atoms with Crippen LogP contribution in [0.15, 0.2) is 18.2 Å². The lowest BCUT2D eigenvalue weighted by Gasteiger charge is -2.27. The number of carbonyl (C=O) groups is 1. The van der Waals surface area contributed by atoms with Crippen LogP contribution in [0.3, 0.4) is 0 Å². The first-order valence-corrected chi connectivity index (χ1v) is 7.38. The molecule has 19 heavy (non-hydrogen) atoms. The van der Waals surface area contributed by atoms with Crippen molar-refractivity contribution in [2.24, 2.45) is 0 Å². The van der Waals surface area contributed by atoms with Crippen LogP contribution >= 0.6 is 0 Å². The summed E-state index contributed by atoms with van der Waals surface area (Å²) in [5.74, 6) is 0.206. The molecule has 1 aromatic rings. The number of aryl methyl sites for hydroxylation is 2. The van der Waals surface area contributed by atoms with Crippen LogP contribution in [0.25, 0.3) is 0 Å². The first kappa shape index (κ1) is 12.7. The monoisotopic (exact) mass is 258 g/mol. The van der Waals surface area contributed by atoms with Gasteiger partial charge in [0.2, 0.25) is 5.91 Å². The quantitative estimate of drug-likeness (QED) is 0.882. The maximum Gasteiger partial charge on any atom is 0.243 e. The molecule has 1 N–H and O–H groups in total. The number of nitrogens with one attached hydrogen (secondary N) is 1.